The Morgan fingerprint density at radius 2 is 2.06 bits per heavy atom. The summed E-state index contributed by atoms with van der Waals surface area (Å²) >= 11 is 0. The van der Waals surface area contributed by atoms with Gasteiger partial charge in [0.2, 0.25) is 10.0 Å². The van der Waals surface area contributed by atoms with Crippen LogP contribution in [0.4, 0.5) is 5.69 Å². The van der Waals surface area contributed by atoms with Gasteiger partial charge in [-0.15, -0.1) is 0 Å². The average Bonchev–Trinajstić information content (AvgIpc) is 2.12. The Morgan fingerprint density at radius 1 is 1.44 bits per heavy atom. The molecule has 0 spiro atoms. The molecule has 0 bridgehead atoms. The molecule has 6 heteroatoms. The van der Waals surface area contributed by atoms with Crippen LogP contribution in [0.25, 0.3) is 0 Å². The number of carbonyl (C=O) groups excluding carboxylic acids is 1. The summed E-state index contributed by atoms with van der Waals surface area (Å²) in [6.45, 7) is 1.12. The summed E-state index contributed by atoms with van der Waals surface area (Å²) in [6, 6.07) is 6.60. The highest BCUT2D eigenvalue weighted by Crippen LogP contribution is 2.18. The van der Waals surface area contributed by atoms with Crippen molar-refractivity contribution in [2.45, 2.75) is 6.92 Å². The van der Waals surface area contributed by atoms with Crippen LogP contribution >= 0.6 is 0 Å². The fraction of sp³-hybridized carbons (Fsp3) is 0.300. The van der Waals surface area contributed by atoms with Crippen molar-refractivity contribution >= 4 is 21.7 Å². The first-order valence-electron chi connectivity index (χ1n) is 4.55. The highest BCUT2D eigenvalue weighted by atomic mass is 32.2. The minimum atomic E-state index is -3.62. The third kappa shape index (κ3) is 3.23. The molecule has 16 heavy (non-hydrogen) atoms. The van der Waals surface area contributed by atoms with Crippen LogP contribution in [0.5, 0.6) is 0 Å². The van der Waals surface area contributed by atoms with Crippen molar-refractivity contribution in [1.82, 2.24) is 0 Å². The van der Waals surface area contributed by atoms with E-state index in [1.165, 1.54) is 6.07 Å². The maximum atomic E-state index is 11.4. The Hall–Kier alpha value is -1.56. The summed E-state index contributed by atoms with van der Waals surface area (Å²) in [5.74, 6) is -1.44. The van der Waals surface area contributed by atoms with Gasteiger partial charge >= 0.3 is 0 Å². The molecule has 0 N–H and O–H groups in total. The Balaban J connectivity index is 3.16. The molecule has 1 aromatic carbocycles. The van der Waals surface area contributed by atoms with Gasteiger partial charge in [-0.25, -0.2) is 8.42 Å². The van der Waals surface area contributed by atoms with Crippen LogP contribution in [0.15, 0.2) is 24.3 Å². The van der Waals surface area contributed by atoms with Crippen molar-refractivity contribution in [2.24, 2.45) is 0 Å². The van der Waals surface area contributed by atoms with Crippen LogP contribution < -0.4 is 9.41 Å². The normalized spacial score (nSPS) is 11.1. The molecule has 0 aromatic heterocycles. The Bertz CT molecular complexity index is 495. The topological polar surface area (TPSA) is 77.5 Å². The highest BCUT2D eigenvalue weighted by molar-refractivity contribution is 7.92. The zero-order valence-corrected chi connectivity index (χ0v) is 9.82. The highest BCUT2D eigenvalue weighted by Gasteiger charge is 2.17. The lowest BCUT2D eigenvalue weighted by Gasteiger charge is -2.22. The van der Waals surface area contributed by atoms with Crippen molar-refractivity contribution in [3.8, 4) is 0 Å². The number of hydrogen-bond donors (Lipinski definition) is 0. The fourth-order valence-electron chi connectivity index (χ4n) is 1.30. The van der Waals surface area contributed by atoms with Crippen LogP contribution in [0.1, 0.15) is 5.56 Å². The van der Waals surface area contributed by atoms with Gasteiger partial charge in [-0.1, -0.05) is 12.1 Å². The number of carboxylic acids is 1. The molecule has 88 valence electrons. The summed E-state index contributed by atoms with van der Waals surface area (Å²) in [6.07, 6.45) is 0.957. The third-order valence-electron chi connectivity index (χ3n) is 1.96. The van der Waals surface area contributed by atoms with Gasteiger partial charge in [0.15, 0.2) is 0 Å². The smallest absolute Gasteiger partial charge is 0.232 e. The fourth-order valence-corrected chi connectivity index (χ4v) is 2.14. The van der Waals surface area contributed by atoms with Crippen molar-refractivity contribution in [2.75, 3.05) is 17.1 Å². The molecule has 0 heterocycles. The summed E-state index contributed by atoms with van der Waals surface area (Å²) < 4.78 is 23.6. The van der Waals surface area contributed by atoms with Crippen molar-refractivity contribution in [1.29, 1.82) is 0 Å². The average molecular weight is 242 g/mol. The van der Waals surface area contributed by atoms with Crippen molar-refractivity contribution < 1.29 is 18.3 Å². The molecule has 0 unspecified atom stereocenters. The number of aliphatic carboxylic acids is 1. The van der Waals surface area contributed by atoms with E-state index in [1.54, 1.807) is 25.1 Å². The Morgan fingerprint density at radius 3 is 2.50 bits per heavy atom. The van der Waals surface area contributed by atoms with Gasteiger partial charge in [-0.2, -0.15) is 0 Å². The SMILES string of the molecule is Cc1cccc(N(CC(=O)[O-])S(C)(=O)=O)c1. The van der Waals surface area contributed by atoms with E-state index in [0.717, 1.165) is 16.1 Å². The van der Waals surface area contributed by atoms with Gasteiger partial charge in [0.25, 0.3) is 0 Å². The first-order chi connectivity index (χ1) is 7.30. The van der Waals surface area contributed by atoms with Crippen molar-refractivity contribution in [3.05, 3.63) is 29.8 Å². The van der Waals surface area contributed by atoms with Gasteiger partial charge < -0.3 is 9.90 Å². The van der Waals surface area contributed by atoms with E-state index in [9.17, 15) is 18.3 Å². The van der Waals surface area contributed by atoms with Gasteiger partial charge in [0.05, 0.1) is 24.5 Å². The molecular weight excluding hydrogens is 230 g/mol. The Kier molecular flexibility index (Phi) is 3.54. The van der Waals surface area contributed by atoms with Crippen LogP contribution in [0.2, 0.25) is 0 Å². The van der Waals surface area contributed by atoms with Crippen LogP contribution in [-0.4, -0.2) is 27.2 Å². The molecule has 0 aliphatic heterocycles. The molecule has 5 nitrogen and oxygen atoms in total. The molecule has 0 aliphatic rings. The second-order valence-electron chi connectivity index (χ2n) is 3.48. The van der Waals surface area contributed by atoms with Gasteiger partial charge in [-0.05, 0) is 24.6 Å². The summed E-state index contributed by atoms with van der Waals surface area (Å²) in [7, 11) is -3.62. The second kappa shape index (κ2) is 4.52. The number of anilines is 1. The minimum Gasteiger partial charge on any atom is -0.548 e. The van der Waals surface area contributed by atoms with E-state index in [-0.39, 0.29) is 0 Å². The van der Waals surface area contributed by atoms with E-state index in [1.807, 2.05) is 0 Å². The Labute approximate surface area is 94.4 Å². The molecule has 0 atom stereocenters. The lowest BCUT2D eigenvalue weighted by Crippen LogP contribution is -2.41. The number of carboxylic acid groups (broad SMARTS) is 1. The number of carbonyl (C=O) groups is 1. The standard InChI is InChI=1S/C10H13NO4S/c1-8-4-3-5-9(6-8)11(7-10(12)13)16(2,14)15/h3-6H,7H2,1-2H3,(H,12,13)/p-1. The number of benzene rings is 1. The number of nitrogens with zero attached hydrogens (tertiary/aromatic N) is 1. The zero-order valence-electron chi connectivity index (χ0n) is 9.00. The number of sulfonamides is 1. The van der Waals surface area contributed by atoms with Crippen molar-refractivity contribution in [3.63, 3.8) is 0 Å². The lowest BCUT2D eigenvalue weighted by atomic mass is 10.2. The number of hydrogen-bond acceptors (Lipinski definition) is 4. The molecule has 0 saturated carbocycles. The molecule has 0 saturated heterocycles. The van der Waals surface area contributed by atoms with Crippen LogP contribution in [0, 0.1) is 6.92 Å². The van der Waals surface area contributed by atoms with E-state index >= 15 is 0 Å². The molecule has 0 amide bonds. The largest absolute Gasteiger partial charge is 0.548 e. The lowest BCUT2D eigenvalue weighted by molar-refractivity contribution is -0.303. The van der Waals surface area contributed by atoms with Gasteiger partial charge in [0, 0.05) is 0 Å². The third-order valence-corrected chi connectivity index (χ3v) is 3.10. The predicted octanol–water partition coefficient (Wildman–Crippen LogP) is -0.489. The van der Waals surface area contributed by atoms with Crippen LogP contribution in [-0.2, 0) is 14.8 Å². The molecule has 0 aliphatic carbocycles. The summed E-state index contributed by atoms with van der Waals surface area (Å²) in [5.41, 5.74) is 1.18. The maximum absolute atomic E-state index is 11.4. The molecule has 1 aromatic rings. The summed E-state index contributed by atoms with van der Waals surface area (Å²) in [4.78, 5) is 10.5. The molecule has 0 radical (unpaired) electrons. The monoisotopic (exact) mass is 242 g/mol. The predicted molar refractivity (Wildman–Crippen MR) is 58.4 cm³/mol. The van der Waals surface area contributed by atoms with Gasteiger partial charge in [0.1, 0.15) is 0 Å². The zero-order chi connectivity index (χ0) is 12.3. The number of rotatable bonds is 4. The molecule has 1 rings (SSSR count). The number of aryl methyl sites for hydroxylation is 1. The van der Waals surface area contributed by atoms with E-state index in [0.29, 0.717) is 5.69 Å². The first-order valence-corrected chi connectivity index (χ1v) is 6.40. The minimum absolute atomic E-state index is 0.326. The molecular formula is C10H12NO4S-. The first kappa shape index (κ1) is 12.5. The van der Waals surface area contributed by atoms with Gasteiger partial charge in [-0.3, -0.25) is 4.31 Å². The quantitative estimate of drug-likeness (QED) is 0.714. The van der Waals surface area contributed by atoms with Crippen LogP contribution in [0.3, 0.4) is 0 Å². The van der Waals surface area contributed by atoms with E-state index in [2.05, 4.69) is 0 Å². The molecule has 0 fully saturated rings. The van der Waals surface area contributed by atoms with E-state index in [4.69, 9.17) is 0 Å². The maximum Gasteiger partial charge on any atom is 0.232 e. The van der Waals surface area contributed by atoms with E-state index < -0.39 is 22.5 Å². The summed E-state index contributed by atoms with van der Waals surface area (Å²) in [5, 5.41) is 10.5. The second-order valence-corrected chi connectivity index (χ2v) is 5.39.